The summed E-state index contributed by atoms with van der Waals surface area (Å²) in [5, 5.41) is 0. The Morgan fingerprint density at radius 1 is 1.50 bits per heavy atom. The second-order valence-corrected chi connectivity index (χ2v) is 5.22. The number of rotatable bonds is 1. The molecule has 4 nitrogen and oxygen atoms in total. The predicted molar refractivity (Wildman–Crippen MR) is 45.2 cm³/mol. The van der Waals surface area contributed by atoms with Crippen LogP contribution in [0.5, 0.6) is 0 Å². The molecule has 5 heteroatoms. The summed E-state index contributed by atoms with van der Waals surface area (Å²) < 4.78 is 23.5. The largest absolute Gasteiger partial charge is 0.299 e. The van der Waals surface area contributed by atoms with Gasteiger partial charge in [0, 0.05) is 25.4 Å². The molecule has 1 fully saturated rings. The van der Waals surface area contributed by atoms with Gasteiger partial charge in [-0.3, -0.25) is 4.79 Å². The lowest BCUT2D eigenvalue weighted by Gasteiger charge is -2.27. The molecule has 0 bridgehead atoms. The number of carbonyl (C=O) groups is 1. The summed E-state index contributed by atoms with van der Waals surface area (Å²) in [7, 11) is -3.10. The third-order valence-corrected chi connectivity index (χ3v) is 3.37. The van der Waals surface area contributed by atoms with Crippen molar-refractivity contribution >= 4 is 15.8 Å². The fraction of sp³-hybridized carbons (Fsp3) is 0.857. The zero-order valence-electron chi connectivity index (χ0n) is 7.28. The minimum absolute atomic E-state index is 0.145. The molecule has 1 heterocycles. The molecular weight excluding hydrogens is 178 g/mol. The molecule has 0 radical (unpaired) electrons. The van der Waals surface area contributed by atoms with E-state index in [1.54, 1.807) is 6.92 Å². The van der Waals surface area contributed by atoms with Crippen LogP contribution in [-0.4, -0.2) is 37.9 Å². The van der Waals surface area contributed by atoms with E-state index in [4.69, 9.17) is 0 Å². The maximum atomic E-state index is 11.1. The standard InChI is InChI=1S/C7H13NO3S/c1-6-5-8(12(2,10)11)4-3-7(6)9/h6H,3-5H2,1-2H3. The number of Topliss-reactive ketones (excluding diaryl/α,β-unsaturated/α-hetero) is 1. The first-order valence-electron chi connectivity index (χ1n) is 3.89. The van der Waals surface area contributed by atoms with Crippen molar-refractivity contribution in [3.63, 3.8) is 0 Å². The van der Waals surface area contributed by atoms with Crippen molar-refractivity contribution in [2.75, 3.05) is 19.3 Å². The van der Waals surface area contributed by atoms with Crippen molar-refractivity contribution in [2.45, 2.75) is 13.3 Å². The number of ketones is 1. The second kappa shape index (κ2) is 3.14. The normalized spacial score (nSPS) is 27.5. The quantitative estimate of drug-likeness (QED) is 0.579. The summed E-state index contributed by atoms with van der Waals surface area (Å²) >= 11 is 0. The summed E-state index contributed by atoms with van der Waals surface area (Å²) in [6.07, 6.45) is 1.53. The first-order valence-corrected chi connectivity index (χ1v) is 5.74. The predicted octanol–water partition coefficient (Wildman–Crippen LogP) is -0.143. The van der Waals surface area contributed by atoms with Crippen LogP contribution >= 0.6 is 0 Å². The van der Waals surface area contributed by atoms with Crippen molar-refractivity contribution in [2.24, 2.45) is 5.92 Å². The number of sulfonamides is 1. The summed E-state index contributed by atoms with van der Waals surface area (Å²) in [6, 6.07) is 0. The lowest BCUT2D eigenvalue weighted by atomic mass is 10.0. The minimum atomic E-state index is -3.10. The van der Waals surface area contributed by atoms with Gasteiger partial charge in [0.15, 0.2) is 0 Å². The summed E-state index contributed by atoms with van der Waals surface area (Å²) in [4.78, 5) is 11.0. The van der Waals surface area contributed by atoms with Crippen molar-refractivity contribution in [1.29, 1.82) is 0 Å². The molecule has 0 aromatic carbocycles. The topological polar surface area (TPSA) is 54.5 Å². The molecule has 1 rings (SSSR count). The van der Waals surface area contributed by atoms with Crippen molar-refractivity contribution < 1.29 is 13.2 Å². The zero-order valence-corrected chi connectivity index (χ0v) is 8.10. The Kier molecular flexibility index (Phi) is 2.53. The Balaban J connectivity index is 2.70. The Morgan fingerprint density at radius 2 is 2.08 bits per heavy atom. The molecule has 0 spiro atoms. The molecule has 1 aliphatic rings. The molecule has 1 saturated heterocycles. The highest BCUT2D eigenvalue weighted by Gasteiger charge is 2.28. The Hall–Kier alpha value is -0.420. The first-order chi connectivity index (χ1) is 5.41. The van der Waals surface area contributed by atoms with Crippen LogP contribution in [0.2, 0.25) is 0 Å². The molecule has 70 valence electrons. The van der Waals surface area contributed by atoms with E-state index < -0.39 is 10.0 Å². The van der Waals surface area contributed by atoms with Gasteiger partial charge in [0.2, 0.25) is 10.0 Å². The lowest BCUT2D eigenvalue weighted by molar-refractivity contribution is -0.124. The van der Waals surface area contributed by atoms with Crippen molar-refractivity contribution in [3.05, 3.63) is 0 Å². The van der Waals surface area contributed by atoms with Gasteiger partial charge in [-0.2, -0.15) is 0 Å². The second-order valence-electron chi connectivity index (χ2n) is 3.24. The maximum absolute atomic E-state index is 11.1. The molecule has 0 amide bonds. The highest BCUT2D eigenvalue weighted by atomic mass is 32.2. The molecule has 1 unspecified atom stereocenters. The third-order valence-electron chi connectivity index (χ3n) is 2.10. The van der Waals surface area contributed by atoms with E-state index in [0.717, 1.165) is 0 Å². The third kappa shape index (κ3) is 2.04. The van der Waals surface area contributed by atoms with Gasteiger partial charge in [-0.05, 0) is 0 Å². The van der Waals surface area contributed by atoms with Gasteiger partial charge >= 0.3 is 0 Å². The molecule has 0 aromatic heterocycles. The molecule has 0 aliphatic carbocycles. The van der Waals surface area contributed by atoms with Crippen molar-refractivity contribution in [3.8, 4) is 0 Å². The van der Waals surface area contributed by atoms with Gasteiger partial charge in [0.25, 0.3) is 0 Å². The minimum Gasteiger partial charge on any atom is -0.299 e. The van der Waals surface area contributed by atoms with Gasteiger partial charge < -0.3 is 0 Å². The fourth-order valence-electron chi connectivity index (χ4n) is 1.28. The SMILES string of the molecule is CC1CN(S(C)(=O)=O)CCC1=O. The number of piperidine rings is 1. The van der Waals surface area contributed by atoms with Gasteiger partial charge in [-0.1, -0.05) is 6.92 Å². The molecule has 0 aromatic rings. The van der Waals surface area contributed by atoms with E-state index in [9.17, 15) is 13.2 Å². The average molecular weight is 191 g/mol. The van der Waals surface area contributed by atoms with E-state index >= 15 is 0 Å². The van der Waals surface area contributed by atoms with Gasteiger partial charge in [0.1, 0.15) is 5.78 Å². The molecular formula is C7H13NO3S. The van der Waals surface area contributed by atoms with Crippen LogP contribution in [0.4, 0.5) is 0 Å². The summed E-state index contributed by atoms with van der Waals surface area (Å²) in [5.41, 5.74) is 0. The summed E-state index contributed by atoms with van der Waals surface area (Å²) in [5.74, 6) is 0.0170. The van der Waals surface area contributed by atoms with Crippen LogP contribution in [0.1, 0.15) is 13.3 Å². The van der Waals surface area contributed by atoms with Crippen LogP contribution in [0.25, 0.3) is 0 Å². The van der Waals surface area contributed by atoms with E-state index in [0.29, 0.717) is 19.5 Å². The van der Waals surface area contributed by atoms with Crippen LogP contribution in [0, 0.1) is 5.92 Å². The number of carbonyl (C=O) groups excluding carboxylic acids is 1. The average Bonchev–Trinajstić information content (AvgIpc) is 1.92. The molecule has 0 N–H and O–H groups in total. The van der Waals surface area contributed by atoms with Gasteiger partial charge in [-0.15, -0.1) is 0 Å². The lowest BCUT2D eigenvalue weighted by Crippen LogP contribution is -2.42. The molecule has 1 atom stereocenters. The smallest absolute Gasteiger partial charge is 0.211 e. The summed E-state index contributed by atoms with van der Waals surface area (Å²) in [6.45, 7) is 2.46. The molecule has 0 saturated carbocycles. The van der Waals surface area contributed by atoms with E-state index in [2.05, 4.69) is 0 Å². The monoisotopic (exact) mass is 191 g/mol. The highest BCUT2D eigenvalue weighted by molar-refractivity contribution is 7.88. The Morgan fingerprint density at radius 3 is 2.50 bits per heavy atom. The fourth-order valence-corrected chi connectivity index (χ4v) is 2.20. The van der Waals surface area contributed by atoms with Gasteiger partial charge in [-0.25, -0.2) is 12.7 Å². The molecule has 12 heavy (non-hydrogen) atoms. The number of hydrogen-bond acceptors (Lipinski definition) is 3. The number of hydrogen-bond donors (Lipinski definition) is 0. The van der Waals surface area contributed by atoms with Crippen LogP contribution in [-0.2, 0) is 14.8 Å². The highest BCUT2D eigenvalue weighted by Crippen LogP contribution is 2.14. The van der Waals surface area contributed by atoms with Crippen LogP contribution in [0.3, 0.4) is 0 Å². The molecule has 1 aliphatic heterocycles. The van der Waals surface area contributed by atoms with Gasteiger partial charge in [0.05, 0.1) is 6.26 Å². The Labute approximate surface area is 72.6 Å². The van der Waals surface area contributed by atoms with Crippen molar-refractivity contribution in [1.82, 2.24) is 4.31 Å². The number of nitrogens with zero attached hydrogens (tertiary/aromatic N) is 1. The zero-order chi connectivity index (χ0) is 9.35. The van der Waals surface area contributed by atoms with E-state index in [1.165, 1.54) is 10.6 Å². The van der Waals surface area contributed by atoms with E-state index in [-0.39, 0.29) is 11.7 Å². The van der Waals surface area contributed by atoms with Crippen LogP contribution in [0.15, 0.2) is 0 Å². The van der Waals surface area contributed by atoms with Crippen LogP contribution < -0.4 is 0 Å². The van der Waals surface area contributed by atoms with E-state index in [1.807, 2.05) is 0 Å². The Bertz CT molecular complexity index is 283. The maximum Gasteiger partial charge on any atom is 0.211 e. The first kappa shape index (κ1) is 9.67.